The second-order valence-corrected chi connectivity index (χ2v) is 7.72. The van der Waals surface area contributed by atoms with E-state index >= 15 is 0 Å². The number of hydrogen-bond acceptors (Lipinski definition) is 5. The van der Waals surface area contributed by atoms with E-state index in [4.69, 9.17) is 9.47 Å². The molecular weight excluding hydrogens is 328 g/mol. The fourth-order valence-corrected chi connectivity index (χ4v) is 3.90. The Labute approximate surface area is 157 Å². The molecule has 3 rings (SSSR count). The molecule has 0 aromatic heterocycles. The predicted octanol–water partition coefficient (Wildman–Crippen LogP) is 2.17. The summed E-state index contributed by atoms with van der Waals surface area (Å²) < 4.78 is 11.2. The summed E-state index contributed by atoms with van der Waals surface area (Å²) in [6.07, 6.45) is 3.36. The molecule has 2 heterocycles. The molecule has 0 spiro atoms. The van der Waals surface area contributed by atoms with Crippen LogP contribution in [0, 0.1) is 12.8 Å². The first kappa shape index (κ1) is 19.6. The maximum Gasteiger partial charge on any atom is 0.122 e. The van der Waals surface area contributed by atoms with Gasteiger partial charge in [-0.25, -0.2) is 0 Å². The van der Waals surface area contributed by atoms with Crippen LogP contribution in [0.25, 0.3) is 0 Å². The molecule has 0 bridgehead atoms. The number of aliphatic hydroxyl groups excluding tert-OH is 1. The van der Waals surface area contributed by atoms with Crippen molar-refractivity contribution < 1.29 is 14.6 Å². The third kappa shape index (κ3) is 6.23. The first-order valence-corrected chi connectivity index (χ1v) is 10.1. The van der Waals surface area contributed by atoms with Crippen LogP contribution in [0.2, 0.25) is 0 Å². The molecule has 1 N–H and O–H groups in total. The molecule has 0 aliphatic carbocycles. The molecule has 1 aromatic carbocycles. The van der Waals surface area contributed by atoms with Crippen molar-refractivity contribution in [3.05, 3.63) is 29.8 Å². The van der Waals surface area contributed by atoms with Crippen LogP contribution in [0.5, 0.6) is 5.75 Å². The van der Waals surface area contributed by atoms with E-state index in [1.165, 1.54) is 25.8 Å². The lowest BCUT2D eigenvalue weighted by atomic mass is 9.93. The molecule has 2 aliphatic heterocycles. The van der Waals surface area contributed by atoms with Crippen molar-refractivity contribution >= 4 is 0 Å². The van der Waals surface area contributed by atoms with Crippen LogP contribution in [0.4, 0.5) is 0 Å². The summed E-state index contributed by atoms with van der Waals surface area (Å²) in [5, 5.41) is 10.3. The van der Waals surface area contributed by atoms with Gasteiger partial charge in [-0.15, -0.1) is 0 Å². The molecular formula is C21H34N2O3. The second-order valence-electron chi connectivity index (χ2n) is 7.72. The molecule has 2 aliphatic rings. The van der Waals surface area contributed by atoms with Crippen LogP contribution in [-0.4, -0.2) is 80.1 Å². The van der Waals surface area contributed by atoms with E-state index in [-0.39, 0.29) is 0 Å². The van der Waals surface area contributed by atoms with Gasteiger partial charge in [0.2, 0.25) is 0 Å². The highest BCUT2D eigenvalue weighted by Gasteiger charge is 2.22. The molecule has 0 saturated carbocycles. The molecule has 5 nitrogen and oxygen atoms in total. The van der Waals surface area contributed by atoms with Crippen molar-refractivity contribution in [2.75, 3.05) is 59.1 Å². The molecule has 0 amide bonds. The van der Waals surface area contributed by atoms with Gasteiger partial charge >= 0.3 is 0 Å². The highest BCUT2D eigenvalue weighted by Crippen LogP contribution is 2.21. The number of aliphatic hydroxyl groups is 1. The van der Waals surface area contributed by atoms with Gasteiger partial charge in [0.1, 0.15) is 18.5 Å². The van der Waals surface area contributed by atoms with E-state index < -0.39 is 6.10 Å². The predicted molar refractivity (Wildman–Crippen MR) is 104 cm³/mol. The van der Waals surface area contributed by atoms with Gasteiger partial charge in [-0.3, -0.25) is 4.90 Å². The second kappa shape index (κ2) is 10.3. The van der Waals surface area contributed by atoms with Gasteiger partial charge in [-0.05, 0) is 63.4 Å². The molecule has 2 fully saturated rings. The normalized spacial score (nSPS) is 21.6. The van der Waals surface area contributed by atoms with E-state index in [0.29, 0.717) is 13.2 Å². The molecule has 5 heteroatoms. The summed E-state index contributed by atoms with van der Waals surface area (Å²) in [4.78, 5) is 4.92. The van der Waals surface area contributed by atoms with Crippen molar-refractivity contribution in [1.82, 2.24) is 9.80 Å². The van der Waals surface area contributed by atoms with E-state index in [2.05, 4.69) is 9.80 Å². The lowest BCUT2D eigenvalue weighted by molar-refractivity contribution is 0.0308. The van der Waals surface area contributed by atoms with Crippen LogP contribution in [-0.2, 0) is 4.74 Å². The number of rotatable bonds is 8. The standard InChI is InChI=1S/C21H34N2O3/c1-18-4-2-3-5-21(18)26-17-20(24)16-23-10-7-19(8-11-23)6-9-22-12-14-25-15-13-22/h2-5,19-20,24H,6-17H2,1H3. The Kier molecular flexibility index (Phi) is 7.74. The zero-order chi connectivity index (χ0) is 18.2. The van der Waals surface area contributed by atoms with Crippen molar-refractivity contribution in [1.29, 1.82) is 0 Å². The molecule has 1 aromatic rings. The number of piperidine rings is 1. The van der Waals surface area contributed by atoms with Gasteiger partial charge in [-0.2, -0.15) is 0 Å². The maximum atomic E-state index is 10.3. The zero-order valence-corrected chi connectivity index (χ0v) is 16.1. The first-order valence-electron chi connectivity index (χ1n) is 10.1. The number of para-hydroxylation sites is 1. The topological polar surface area (TPSA) is 45.2 Å². The summed E-state index contributed by atoms with van der Waals surface area (Å²) >= 11 is 0. The largest absolute Gasteiger partial charge is 0.491 e. The number of ether oxygens (including phenoxy) is 2. The third-order valence-electron chi connectivity index (χ3n) is 5.66. The number of likely N-dealkylation sites (tertiary alicyclic amines) is 1. The third-order valence-corrected chi connectivity index (χ3v) is 5.66. The summed E-state index contributed by atoms with van der Waals surface area (Å²) in [6.45, 7) is 10.5. The summed E-state index contributed by atoms with van der Waals surface area (Å²) in [5.41, 5.74) is 1.11. The van der Waals surface area contributed by atoms with Gasteiger partial charge < -0.3 is 19.5 Å². The number of morpholine rings is 1. The van der Waals surface area contributed by atoms with Gasteiger partial charge in [0.25, 0.3) is 0 Å². The molecule has 2 saturated heterocycles. The van der Waals surface area contributed by atoms with Gasteiger partial charge in [0.15, 0.2) is 0 Å². The Morgan fingerprint density at radius 3 is 2.58 bits per heavy atom. The van der Waals surface area contributed by atoms with Crippen molar-refractivity contribution in [2.24, 2.45) is 5.92 Å². The summed E-state index contributed by atoms with van der Waals surface area (Å²) in [6, 6.07) is 7.96. The fraction of sp³-hybridized carbons (Fsp3) is 0.714. The van der Waals surface area contributed by atoms with Crippen LogP contribution in [0.3, 0.4) is 0 Å². The number of β-amino-alcohol motifs (C(OH)–C–C–N with tert-alkyl or cyclic N) is 1. The summed E-state index contributed by atoms with van der Waals surface area (Å²) in [7, 11) is 0. The molecule has 1 atom stereocenters. The highest BCUT2D eigenvalue weighted by atomic mass is 16.5. The number of nitrogens with zero attached hydrogens (tertiary/aromatic N) is 2. The quantitative estimate of drug-likeness (QED) is 0.768. The Balaban J connectivity index is 1.30. The number of benzene rings is 1. The lowest BCUT2D eigenvalue weighted by Gasteiger charge is -2.34. The number of aryl methyl sites for hydroxylation is 1. The Morgan fingerprint density at radius 1 is 1.12 bits per heavy atom. The highest BCUT2D eigenvalue weighted by molar-refractivity contribution is 5.31. The first-order chi connectivity index (χ1) is 12.7. The Morgan fingerprint density at radius 2 is 1.85 bits per heavy atom. The van der Waals surface area contributed by atoms with E-state index in [1.54, 1.807) is 0 Å². The molecule has 146 valence electrons. The van der Waals surface area contributed by atoms with Crippen molar-refractivity contribution in [3.8, 4) is 5.75 Å². The average Bonchev–Trinajstić information content (AvgIpc) is 2.68. The van der Waals surface area contributed by atoms with Gasteiger partial charge in [0.05, 0.1) is 13.2 Å². The van der Waals surface area contributed by atoms with Crippen molar-refractivity contribution in [2.45, 2.75) is 32.3 Å². The van der Waals surface area contributed by atoms with Crippen LogP contribution < -0.4 is 4.74 Å². The minimum atomic E-state index is -0.431. The van der Waals surface area contributed by atoms with Gasteiger partial charge in [-0.1, -0.05) is 18.2 Å². The molecule has 0 radical (unpaired) electrons. The molecule has 26 heavy (non-hydrogen) atoms. The SMILES string of the molecule is Cc1ccccc1OCC(O)CN1CCC(CCN2CCOCC2)CC1. The van der Waals surface area contributed by atoms with Crippen LogP contribution in [0.1, 0.15) is 24.8 Å². The Hall–Kier alpha value is -1.14. The Bertz CT molecular complexity index is 526. The van der Waals surface area contributed by atoms with Crippen LogP contribution >= 0.6 is 0 Å². The van der Waals surface area contributed by atoms with E-state index in [0.717, 1.165) is 56.6 Å². The van der Waals surface area contributed by atoms with Gasteiger partial charge in [0, 0.05) is 19.6 Å². The number of hydrogen-bond donors (Lipinski definition) is 1. The average molecular weight is 363 g/mol. The van der Waals surface area contributed by atoms with E-state index in [9.17, 15) is 5.11 Å². The maximum absolute atomic E-state index is 10.3. The van der Waals surface area contributed by atoms with Crippen molar-refractivity contribution in [3.63, 3.8) is 0 Å². The zero-order valence-electron chi connectivity index (χ0n) is 16.1. The monoisotopic (exact) mass is 362 g/mol. The minimum Gasteiger partial charge on any atom is -0.491 e. The smallest absolute Gasteiger partial charge is 0.122 e. The minimum absolute atomic E-state index is 0.363. The van der Waals surface area contributed by atoms with Crippen LogP contribution in [0.15, 0.2) is 24.3 Å². The summed E-state index contributed by atoms with van der Waals surface area (Å²) in [5.74, 6) is 1.70. The molecule has 1 unspecified atom stereocenters. The fourth-order valence-electron chi connectivity index (χ4n) is 3.90. The van der Waals surface area contributed by atoms with E-state index in [1.807, 2.05) is 31.2 Å². The lowest BCUT2D eigenvalue weighted by Crippen LogP contribution is -2.42.